The third kappa shape index (κ3) is 65.2. The largest absolute Gasteiger partial charge is 0.370 e. The number of nitrogens with one attached hydrogen (secondary N) is 12. The van der Waals surface area contributed by atoms with E-state index in [9.17, 15) is 0 Å². The highest BCUT2D eigenvalue weighted by Gasteiger charge is 2.03. The van der Waals surface area contributed by atoms with Crippen LogP contribution in [0.4, 0.5) is 0 Å². The van der Waals surface area contributed by atoms with Crippen molar-refractivity contribution in [3.05, 3.63) is 0 Å². The molecule has 0 amide bonds. The lowest BCUT2D eigenvalue weighted by Crippen LogP contribution is -2.44. The molecule has 0 aromatic heterocycles. The Kier molecular flexibility index (Phi) is 62.5. The summed E-state index contributed by atoms with van der Waals surface area (Å²) in [6.07, 6.45) is 7.38. The summed E-state index contributed by atoms with van der Waals surface area (Å²) in [7, 11) is 6.48. The van der Waals surface area contributed by atoms with Crippen LogP contribution in [-0.4, -0.2) is 149 Å². The fourth-order valence-corrected chi connectivity index (χ4v) is 3.15. The summed E-state index contributed by atoms with van der Waals surface area (Å²) in [6.45, 7) is 16.3. The first-order chi connectivity index (χ1) is 30.4. The molecule has 32 N–H and O–H groups in total. The quantitative estimate of drug-likeness (QED) is 0.0541. The van der Waals surface area contributed by atoms with Gasteiger partial charge in [0.25, 0.3) is 0 Å². The molecule has 67 heavy (non-hydrogen) atoms. The van der Waals surface area contributed by atoms with Gasteiger partial charge < -0.3 is 68.0 Å². The van der Waals surface area contributed by atoms with E-state index in [1.807, 2.05) is 27.7 Å². The third-order valence-corrected chi connectivity index (χ3v) is 6.43. The van der Waals surface area contributed by atoms with Crippen LogP contribution < -0.4 is 89.2 Å². The van der Waals surface area contributed by atoms with E-state index < -0.39 is 0 Å². The summed E-state index contributed by atoms with van der Waals surface area (Å²) in [5, 5.41) is 57.1. The van der Waals surface area contributed by atoms with Gasteiger partial charge in [-0.15, -0.1) is 0 Å². The number of unbranched alkanes of at least 4 members (excludes halogenated alkanes) is 3. The number of nitrogens with two attached hydrogens (primary N) is 10. The summed E-state index contributed by atoms with van der Waals surface area (Å²) in [6, 6.07) is 0. The maximum absolute atomic E-state index is 7.05. The van der Waals surface area contributed by atoms with Gasteiger partial charge >= 0.3 is 0 Å². The van der Waals surface area contributed by atoms with E-state index in [1.54, 1.807) is 28.2 Å². The molecule has 0 rings (SSSR count). The summed E-state index contributed by atoms with van der Waals surface area (Å²) in [5.41, 5.74) is 52.0. The molecular formula is C37H96N30. The maximum atomic E-state index is 7.05. The van der Waals surface area contributed by atoms with Crippen LogP contribution in [0.3, 0.4) is 0 Å². The zero-order valence-electron chi connectivity index (χ0n) is 40.5. The maximum Gasteiger partial charge on any atom is 0.197 e. The van der Waals surface area contributed by atoms with Crippen molar-refractivity contribution in [2.45, 2.75) is 101 Å². The Morgan fingerprint density at radius 2 is 0.821 bits per heavy atom. The highest BCUT2D eigenvalue weighted by molar-refractivity contribution is 5.98. The van der Waals surface area contributed by atoms with Gasteiger partial charge in [-0.3, -0.25) is 93.5 Å². The van der Waals surface area contributed by atoms with Crippen molar-refractivity contribution in [3.63, 3.8) is 0 Å². The first-order valence-electron chi connectivity index (χ1n) is 20.6. The van der Waals surface area contributed by atoms with Crippen molar-refractivity contribution in [1.29, 1.82) is 32.5 Å². The number of hydrogen-bond acceptors (Lipinski definition) is 12. The average Bonchev–Trinajstić information content (AvgIpc) is 3.22. The molecule has 0 heterocycles. The van der Waals surface area contributed by atoms with E-state index >= 15 is 0 Å². The van der Waals surface area contributed by atoms with Crippen LogP contribution in [0.1, 0.15) is 101 Å². The van der Waals surface area contributed by atoms with Crippen LogP contribution in [0.25, 0.3) is 0 Å². The highest BCUT2D eigenvalue weighted by atomic mass is 15.3. The molecule has 30 nitrogen and oxygen atoms in total. The lowest BCUT2D eigenvalue weighted by molar-refractivity contribution is 0.705. The van der Waals surface area contributed by atoms with Crippen LogP contribution in [-0.2, 0) is 0 Å². The molecule has 0 radical (unpaired) electrons. The van der Waals surface area contributed by atoms with Crippen molar-refractivity contribution >= 4 is 71.5 Å². The normalized spacial score (nSPS) is 10.8. The molecule has 0 aliphatic heterocycles. The molecule has 30 heteroatoms. The van der Waals surface area contributed by atoms with Crippen molar-refractivity contribution in [3.8, 4) is 0 Å². The van der Waals surface area contributed by atoms with Gasteiger partial charge in [0.05, 0.1) is 0 Å². The summed E-state index contributed by atoms with van der Waals surface area (Å²) in [5.74, 6) is 1.30. The minimum absolute atomic E-state index is 0. The van der Waals surface area contributed by atoms with E-state index in [0.29, 0.717) is 50.0 Å². The molecular weight excluding hydrogens is 865 g/mol. The van der Waals surface area contributed by atoms with Gasteiger partial charge in [0.1, 0.15) is 0 Å². The predicted octanol–water partition coefficient (Wildman–Crippen LogP) is -1.97. The van der Waals surface area contributed by atoms with Crippen LogP contribution in [0.5, 0.6) is 0 Å². The minimum Gasteiger partial charge on any atom is -0.370 e. The summed E-state index contributed by atoms with van der Waals surface area (Å²) >= 11 is 0. The molecule has 0 aromatic rings. The lowest BCUT2D eigenvalue weighted by atomic mass is 10.2. The van der Waals surface area contributed by atoms with Gasteiger partial charge in [-0.2, -0.15) is 0 Å². The molecule has 0 aliphatic carbocycles. The Balaban J connectivity index is -0.000000104. The molecule has 0 saturated heterocycles. The van der Waals surface area contributed by atoms with Crippen molar-refractivity contribution in [2.75, 3.05) is 67.5 Å². The van der Waals surface area contributed by atoms with Crippen molar-refractivity contribution < 1.29 is 0 Å². The second-order valence-electron chi connectivity index (χ2n) is 12.3. The molecule has 0 bridgehead atoms. The second kappa shape index (κ2) is 54.6. The number of guanidine groups is 12. The zero-order chi connectivity index (χ0) is 51.8. The number of nitrogens with zero attached hydrogens (tertiary/aromatic N) is 8. The zero-order valence-corrected chi connectivity index (χ0v) is 40.5. The Morgan fingerprint density at radius 3 is 1.13 bits per heavy atom. The van der Waals surface area contributed by atoms with Gasteiger partial charge in [-0.05, 0) is 39.5 Å². The number of rotatable bonds is 13. The second-order valence-corrected chi connectivity index (χ2v) is 12.3. The topological polar surface area (TPSA) is 556 Å². The molecule has 0 spiro atoms. The fourth-order valence-electron chi connectivity index (χ4n) is 3.15. The summed E-state index contributed by atoms with van der Waals surface area (Å²) in [4.78, 5) is 26.0. The Labute approximate surface area is 401 Å². The van der Waals surface area contributed by atoms with Gasteiger partial charge in [-0.1, -0.05) is 61.8 Å². The van der Waals surface area contributed by atoms with Crippen molar-refractivity contribution in [2.24, 2.45) is 87.3 Å². The van der Waals surface area contributed by atoms with Gasteiger partial charge in [0.2, 0.25) is 0 Å². The molecule has 0 unspecified atom stereocenters. The first-order valence-corrected chi connectivity index (χ1v) is 20.6. The summed E-state index contributed by atoms with van der Waals surface area (Å²) < 4.78 is 0. The lowest BCUT2D eigenvalue weighted by Gasteiger charge is -2.14. The SMILES string of the molecule is C.C.CCCCCN=C(N)NC(=N)N.CCCCN=C(N)N(C)C(=N)N.CCCN=C(N)N(C)C(=N)N.CCCNC(=NC)NC(=N)N.CCN=C(N)NC(=N)N.CCNC(=NC)NC(=N)N. The number of aliphatic imine (C=N–C) groups is 6. The number of hydrogen-bond donors (Lipinski definition) is 22. The van der Waals surface area contributed by atoms with E-state index in [-0.39, 0.29) is 62.5 Å². The molecule has 0 atom stereocenters. The molecule has 0 aromatic carbocycles. The molecule has 394 valence electrons. The van der Waals surface area contributed by atoms with Crippen LogP contribution in [0.2, 0.25) is 0 Å². The van der Waals surface area contributed by atoms with Crippen LogP contribution >= 0.6 is 0 Å². The first kappa shape index (κ1) is 76.7. The van der Waals surface area contributed by atoms with Crippen LogP contribution in [0, 0.1) is 32.5 Å². The van der Waals surface area contributed by atoms with Gasteiger partial charge in [0.15, 0.2) is 71.5 Å². The minimum atomic E-state index is -0.190. The van der Waals surface area contributed by atoms with E-state index in [1.165, 1.54) is 9.80 Å². The van der Waals surface area contributed by atoms with Gasteiger partial charge in [0, 0.05) is 67.5 Å². The van der Waals surface area contributed by atoms with E-state index in [4.69, 9.17) is 89.8 Å². The molecule has 0 fully saturated rings. The Bertz CT molecular complexity index is 1480. The smallest absolute Gasteiger partial charge is 0.197 e. The monoisotopic (exact) mass is 961 g/mol. The van der Waals surface area contributed by atoms with E-state index in [2.05, 4.69) is 75.7 Å². The molecule has 0 saturated carbocycles. The fraction of sp³-hybridized carbons (Fsp3) is 0.676. The molecule has 0 aliphatic rings. The van der Waals surface area contributed by atoms with Crippen LogP contribution in [0.15, 0.2) is 30.0 Å². The van der Waals surface area contributed by atoms with Crippen molar-refractivity contribution in [1.82, 2.24) is 41.7 Å². The Hall–Kier alpha value is -7.56. The third-order valence-electron chi connectivity index (χ3n) is 6.43. The predicted molar refractivity (Wildman–Crippen MR) is 288 cm³/mol. The Morgan fingerprint density at radius 1 is 0.448 bits per heavy atom. The standard InChI is InChI=1S/2C7H17N5.2C6H15N5.C5H13N5.C4H11N5.2CH4/c1-3-4-5-11-7(10)12(2)6(8)9;1-2-3-4-5-11-7(10)12-6(8)9;1-3-4-10-6(9)11(2)5(7)8;1-3-4-10-6(9-2)11-5(7)8;1-3-9-5(8-2)10-4(6)7;1-2-8-4(7)9-3(5)6;;/h3-5H2,1-2H3,(H3,8,9)(H2,10,11);2-5H2,1H3,(H6,8,9,10,11,12);3-4H2,1-2H3,(H3,7,8)(H2,9,10);3-4H2,1-2H3,(H5,7,8,9,10,11);3H2,1-2H3,(H5,6,7,8,9,10);2H2,1H3,(H6,5,6,7,8,9);2*1H4. The average molecular weight is 961 g/mol. The van der Waals surface area contributed by atoms with Gasteiger partial charge in [-0.25, -0.2) is 0 Å². The van der Waals surface area contributed by atoms with E-state index in [0.717, 1.165) is 58.0 Å². The highest BCUT2D eigenvalue weighted by Crippen LogP contribution is 1.93.